The van der Waals surface area contributed by atoms with Gasteiger partial charge in [-0.3, -0.25) is 4.79 Å². The Kier molecular flexibility index (Phi) is 3.13. The first-order valence-electron chi connectivity index (χ1n) is 7.14. The summed E-state index contributed by atoms with van der Waals surface area (Å²) in [5, 5.41) is 0. The lowest BCUT2D eigenvalue weighted by molar-refractivity contribution is -0.0391. The van der Waals surface area contributed by atoms with E-state index in [1.165, 1.54) is 0 Å². The van der Waals surface area contributed by atoms with Crippen LogP contribution in [-0.2, 0) is 11.8 Å². The van der Waals surface area contributed by atoms with Gasteiger partial charge < -0.3 is 14.2 Å². The number of ether oxygens (including phenoxy) is 1. The molecule has 2 fully saturated rings. The second-order valence-electron chi connectivity index (χ2n) is 6.10. The van der Waals surface area contributed by atoms with Crippen molar-refractivity contribution >= 4 is 5.91 Å². The second kappa shape index (κ2) is 4.67. The summed E-state index contributed by atoms with van der Waals surface area (Å²) in [7, 11) is 1.92. The second-order valence-corrected chi connectivity index (χ2v) is 6.10. The van der Waals surface area contributed by atoms with Gasteiger partial charge in [0.05, 0.1) is 5.60 Å². The van der Waals surface area contributed by atoms with E-state index in [0.717, 1.165) is 44.7 Å². The first kappa shape index (κ1) is 12.7. The largest absolute Gasteiger partial charge is 0.375 e. The third kappa shape index (κ3) is 2.29. The highest BCUT2D eigenvalue weighted by Gasteiger charge is 2.42. The smallest absolute Gasteiger partial charge is 0.270 e. The molecule has 4 nitrogen and oxygen atoms in total. The van der Waals surface area contributed by atoms with Crippen molar-refractivity contribution in [2.75, 3.05) is 19.7 Å². The number of hydrogen-bond donors (Lipinski definition) is 0. The third-order valence-corrected chi connectivity index (χ3v) is 4.52. The van der Waals surface area contributed by atoms with Gasteiger partial charge in [-0.05, 0) is 37.3 Å². The van der Waals surface area contributed by atoms with Gasteiger partial charge >= 0.3 is 0 Å². The number of amides is 1. The molecule has 2 aliphatic rings. The van der Waals surface area contributed by atoms with Gasteiger partial charge in [0.15, 0.2) is 0 Å². The monoisotopic (exact) mass is 262 g/mol. The Labute approximate surface area is 114 Å². The van der Waals surface area contributed by atoms with Crippen LogP contribution in [0.1, 0.15) is 36.7 Å². The molecular weight excluding hydrogens is 240 g/mol. The topological polar surface area (TPSA) is 34.5 Å². The van der Waals surface area contributed by atoms with Crippen LogP contribution in [0.3, 0.4) is 0 Å². The van der Waals surface area contributed by atoms with E-state index in [1.807, 2.05) is 34.8 Å². The number of aryl methyl sites for hydroxylation is 1. The van der Waals surface area contributed by atoms with Crippen molar-refractivity contribution in [3.8, 4) is 0 Å². The molecule has 0 N–H and O–H groups in total. The van der Waals surface area contributed by atoms with E-state index in [4.69, 9.17) is 4.74 Å². The molecule has 2 aliphatic heterocycles. The Morgan fingerprint density at radius 1 is 1.42 bits per heavy atom. The molecule has 4 heteroatoms. The minimum absolute atomic E-state index is 0.0599. The Morgan fingerprint density at radius 3 is 2.68 bits per heavy atom. The number of carbonyl (C=O) groups is 1. The number of nitrogens with zero attached hydrogens (tertiary/aromatic N) is 2. The van der Waals surface area contributed by atoms with Crippen molar-refractivity contribution in [1.29, 1.82) is 0 Å². The SMILES string of the molecule is C[C@@H]1COC2(CCN(C(=O)c3cccn3C)CC2)C1. The number of likely N-dealkylation sites (tertiary alicyclic amines) is 1. The average molecular weight is 262 g/mol. The van der Waals surface area contributed by atoms with E-state index >= 15 is 0 Å². The van der Waals surface area contributed by atoms with Crippen molar-refractivity contribution in [3.63, 3.8) is 0 Å². The lowest BCUT2D eigenvalue weighted by Gasteiger charge is -2.38. The summed E-state index contributed by atoms with van der Waals surface area (Å²) in [6.45, 7) is 4.76. The van der Waals surface area contributed by atoms with Crippen molar-refractivity contribution in [1.82, 2.24) is 9.47 Å². The highest BCUT2D eigenvalue weighted by molar-refractivity contribution is 5.92. The van der Waals surface area contributed by atoms with Crippen molar-refractivity contribution in [3.05, 3.63) is 24.0 Å². The van der Waals surface area contributed by atoms with E-state index in [-0.39, 0.29) is 11.5 Å². The van der Waals surface area contributed by atoms with Gasteiger partial charge in [-0.1, -0.05) is 6.92 Å². The van der Waals surface area contributed by atoms with Crippen LogP contribution in [0.2, 0.25) is 0 Å². The zero-order valence-electron chi connectivity index (χ0n) is 11.8. The molecule has 0 radical (unpaired) electrons. The van der Waals surface area contributed by atoms with E-state index in [2.05, 4.69) is 6.92 Å². The van der Waals surface area contributed by atoms with Crippen LogP contribution in [0.5, 0.6) is 0 Å². The van der Waals surface area contributed by atoms with Gasteiger partial charge in [0, 0.05) is 32.9 Å². The molecule has 1 aromatic rings. The summed E-state index contributed by atoms with van der Waals surface area (Å²) < 4.78 is 7.88. The maximum absolute atomic E-state index is 12.4. The molecule has 0 saturated carbocycles. The van der Waals surface area contributed by atoms with E-state index in [0.29, 0.717) is 5.92 Å². The molecule has 1 spiro atoms. The fraction of sp³-hybridized carbons (Fsp3) is 0.667. The summed E-state index contributed by atoms with van der Waals surface area (Å²) in [5.74, 6) is 0.809. The average Bonchev–Trinajstić information content (AvgIpc) is 2.97. The number of rotatable bonds is 1. The van der Waals surface area contributed by atoms with Gasteiger partial charge in [0.2, 0.25) is 0 Å². The lowest BCUT2D eigenvalue weighted by Crippen LogP contribution is -2.46. The Hall–Kier alpha value is -1.29. The number of aromatic nitrogens is 1. The van der Waals surface area contributed by atoms with Crippen LogP contribution in [-0.4, -0.2) is 40.7 Å². The van der Waals surface area contributed by atoms with Crippen LogP contribution < -0.4 is 0 Å². The minimum Gasteiger partial charge on any atom is -0.375 e. The van der Waals surface area contributed by atoms with Gasteiger partial charge in [0.1, 0.15) is 5.69 Å². The van der Waals surface area contributed by atoms with E-state index in [1.54, 1.807) is 0 Å². The molecule has 0 bridgehead atoms. The fourth-order valence-corrected chi connectivity index (χ4v) is 3.38. The molecule has 0 unspecified atom stereocenters. The van der Waals surface area contributed by atoms with Gasteiger partial charge in [0.25, 0.3) is 5.91 Å². The first-order valence-corrected chi connectivity index (χ1v) is 7.14. The normalized spacial score (nSPS) is 26.0. The van der Waals surface area contributed by atoms with Gasteiger partial charge in [-0.15, -0.1) is 0 Å². The summed E-state index contributed by atoms with van der Waals surface area (Å²) in [4.78, 5) is 14.4. The molecule has 1 amide bonds. The van der Waals surface area contributed by atoms with Crippen LogP contribution in [0.15, 0.2) is 18.3 Å². The Bertz CT molecular complexity index is 472. The summed E-state index contributed by atoms with van der Waals surface area (Å²) >= 11 is 0. The minimum atomic E-state index is 0.0599. The zero-order chi connectivity index (χ0) is 13.5. The summed E-state index contributed by atoms with van der Waals surface area (Å²) in [6.07, 6.45) is 5.03. The standard InChI is InChI=1S/C15H22N2O2/c1-12-10-15(19-11-12)5-8-17(9-6-15)14(18)13-4-3-7-16(13)2/h3-4,7,12H,5-6,8-11H2,1-2H3/t12-/m0/s1. The highest BCUT2D eigenvalue weighted by atomic mass is 16.5. The Balaban J connectivity index is 1.64. The highest BCUT2D eigenvalue weighted by Crippen LogP contribution is 2.38. The van der Waals surface area contributed by atoms with Gasteiger partial charge in [-0.25, -0.2) is 0 Å². The fourth-order valence-electron chi connectivity index (χ4n) is 3.38. The third-order valence-electron chi connectivity index (χ3n) is 4.52. The van der Waals surface area contributed by atoms with E-state index < -0.39 is 0 Å². The molecular formula is C15H22N2O2. The van der Waals surface area contributed by atoms with Crippen LogP contribution in [0.4, 0.5) is 0 Å². The summed E-state index contributed by atoms with van der Waals surface area (Å²) in [5.41, 5.74) is 0.835. The van der Waals surface area contributed by atoms with E-state index in [9.17, 15) is 4.79 Å². The summed E-state index contributed by atoms with van der Waals surface area (Å²) in [6, 6.07) is 3.81. The molecule has 0 aromatic carbocycles. The molecule has 0 aliphatic carbocycles. The number of hydrogen-bond acceptors (Lipinski definition) is 2. The molecule has 3 rings (SSSR count). The van der Waals surface area contributed by atoms with Crippen molar-refractivity contribution in [2.24, 2.45) is 13.0 Å². The van der Waals surface area contributed by atoms with Crippen LogP contribution in [0.25, 0.3) is 0 Å². The molecule has 104 valence electrons. The van der Waals surface area contributed by atoms with Crippen molar-refractivity contribution in [2.45, 2.75) is 31.8 Å². The molecule has 19 heavy (non-hydrogen) atoms. The maximum Gasteiger partial charge on any atom is 0.270 e. The Morgan fingerprint density at radius 2 is 2.16 bits per heavy atom. The zero-order valence-corrected chi connectivity index (χ0v) is 11.8. The first-order chi connectivity index (χ1) is 9.10. The van der Waals surface area contributed by atoms with Crippen LogP contribution >= 0.6 is 0 Å². The van der Waals surface area contributed by atoms with Crippen LogP contribution in [0, 0.1) is 5.92 Å². The molecule has 3 heterocycles. The molecule has 1 atom stereocenters. The molecule has 1 aromatic heterocycles. The maximum atomic E-state index is 12.4. The predicted molar refractivity (Wildman–Crippen MR) is 73.0 cm³/mol. The van der Waals surface area contributed by atoms with Gasteiger partial charge in [-0.2, -0.15) is 0 Å². The van der Waals surface area contributed by atoms with Crippen molar-refractivity contribution < 1.29 is 9.53 Å². The molecule has 2 saturated heterocycles. The predicted octanol–water partition coefficient (Wildman–Crippen LogP) is 2.06. The quantitative estimate of drug-likeness (QED) is 0.776. The number of carbonyl (C=O) groups excluding carboxylic acids is 1. The number of piperidine rings is 1. The lowest BCUT2D eigenvalue weighted by atomic mass is 9.86.